The minimum Gasteiger partial charge on any atom is -0.497 e. The number of fused-ring (bicyclic) bond motifs is 4. The molecule has 0 unspecified atom stereocenters. The second-order valence-electron chi connectivity index (χ2n) is 11.1. The number of aryl methyl sites for hydroxylation is 1. The van der Waals surface area contributed by atoms with E-state index in [0.29, 0.717) is 18.9 Å². The van der Waals surface area contributed by atoms with Gasteiger partial charge in [-0.2, -0.15) is 0 Å². The molecule has 6 rings (SSSR count). The van der Waals surface area contributed by atoms with Crippen LogP contribution in [0.5, 0.6) is 5.75 Å². The Kier molecular flexibility index (Phi) is 6.05. The van der Waals surface area contributed by atoms with Crippen LogP contribution in [0.4, 0.5) is 0 Å². The van der Waals surface area contributed by atoms with Crippen LogP contribution in [0.3, 0.4) is 0 Å². The van der Waals surface area contributed by atoms with E-state index in [4.69, 9.17) is 4.74 Å². The number of benzene rings is 2. The van der Waals surface area contributed by atoms with Gasteiger partial charge < -0.3 is 19.3 Å². The first-order chi connectivity index (χ1) is 17.5. The first kappa shape index (κ1) is 23.6. The van der Waals surface area contributed by atoms with Crippen LogP contribution in [-0.4, -0.2) is 58.7 Å². The Morgan fingerprint density at radius 1 is 1.11 bits per heavy atom. The van der Waals surface area contributed by atoms with Crippen molar-refractivity contribution in [2.75, 3.05) is 33.4 Å². The molecule has 1 amide bonds. The molecular formula is C30H37N3O3. The second kappa shape index (κ2) is 9.24. The molecule has 6 heteroatoms. The third kappa shape index (κ3) is 4.00. The lowest BCUT2D eigenvalue weighted by Crippen LogP contribution is -2.55. The maximum atomic E-state index is 13.6. The fourth-order valence-corrected chi connectivity index (χ4v) is 6.70. The largest absolute Gasteiger partial charge is 0.497 e. The van der Waals surface area contributed by atoms with Gasteiger partial charge in [-0.3, -0.25) is 9.69 Å². The first-order valence-corrected chi connectivity index (χ1v) is 13.4. The number of carbonyl (C=O) groups is 1. The maximum Gasteiger partial charge on any atom is 0.223 e. The molecule has 1 aliphatic carbocycles. The topological polar surface area (TPSA) is 57.9 Å². The van der Waals surface area contributed by atoms with Crippen LogP contribution in [-0.2, 0) is 23.8 Å². The summed E-state index contributed by atoms with van der Waals surface area (Å²) >= 11 is 0. The van der Waals surface area contributed by atoms with Crippen molar-refractivity contribution in [3.63, 3.8) is 0 Å². The van der Waals surface area contributed by atoms with Gasteiger partial charge in [0.25, 0.3) is 0 Å². The normalized spacial score (nSPS) is 21.6. The molecule has 2 aliphatic heterocycles. The first-order valence-electron chi connectivity index (χ1n) is 13.4. The summed E-state index contributed by atoms with van der Waals surface area (Å²) in [4.78, 5) is 18.1. The smallest absolute Gasteiger partial charge is 0.223 e. The lowest BCUT2D eigenvalue weighted by molar-refractivity contribution is -0.137. The van der Waals surface area contributed by atoms with Crippen LogP contribution in [0.2, 0.25) is 0 Å². The number of aliphatic hydroxyl groups is 1. The van der Waals surface area contributed by atoms with Crippen LogP contribution in [0, 0.1) is 5.92 Å². The highest BCUT2D eigenvalue weighted by Crippen LogP contribution is 2.50. The fourth-order valence-electron chi connectivity index (χ4n) is 6.70. The number of rotatable bonds is 6. The summed E-state index contributed by atoms with van der Waals surface area (Å²) in [5.74, 6) is 1.56. The Hall–Kier alpha value is -2.83. The zero-order chi connectivity index (χ0) is 24.9. The van der Waals surface area contributed by atoms with Crippen LogP contribution in [0.25, 0.3) is 10.9 Å². The maximum absolute atomic E-state index is 13.6. The number of aromatic nitrogens is 1. The van der Waals surface area contributed by atoms with Crippen molar-refractivity contribution in [2.24, 2.45) is 13.0 Å². The third-order valence-corrected chi connectivity index (χ3v) is 8.86. The number of aliphatic hydroxyl groups excluding tert-OH is 1. The predicted molar refractivity (Wildman–Crippen MR) is 141 cm³/mol. The number of hydrogen-bond acceptors (Lipinski definition) is 4. The molecule has 3 heterocycles. The van der Waals surface area contributed by atoms with Gasteiger partial charge in [0.2, 0.25) is 5.91 Å². The van der Waals surface area contributed by atoms with Gasteiger partial charge in [0.15, 0.2) is 0 Å². The molecule has 3 aromatic rings. The number of likely N-dealkylation sites (tertiary alicyclic amines) is 1. The molecule has 1 saturated heterocycles. The van der Waals surface area contributed by atoms with Gasteiger partial charge in [-0.25, -0.2) is 0 Å². The molecule has 3 aliphatic rings. The zero-order valence-electron chi connectivity index (χ0n) is 21.4. The number of nitrogens with zero attached hydrogens (tertiary/aromatic N) is 3. The van der Waals surface area contributed by atoms with E-state index in [0.717, 1.165) is 62.3 Å². The highest BCUT2D eigenvalue weighted by Gasteiger charge is 2.49. The second-order valence-corrected chi connectivity index (χ2v) is 11.1. The van der Waals surface area contributed by atoms with E-state index in [1.807, 2.05) is 11.0 Å². The molecule has 1 saturated carbocycles. The fraction of sp³-hybridized carbons (Fsp3) is 0.500. The van der Waals surface area contributed by atoms with E-state index < -0.39 is 0 Å². The van der Waals surface area contributed by atoms with Gasteiger partial charge in [0.05, 0.1) is 25.3 Å². The summed E-state index contributed by atoms with van der Waals surface area (Å²) in [5.41, 5.74) is 4.79. The Morgan fingerprint density at radius 2 is 1.86 bits per heavy atom. The number of ether oxygens (including phenoxy) is 1. The molecule has 2 aromatic carbocycles. The molecule has 1 N–H and O–H groups in total. The van der Waals surface area contributed by atoms with Crippen molar-refractivity contribution in [3.8, 4) is 5.75 Å². The van der Waals surface area contributed by atoms with Crippen molar-refractivity contribution in [2.45, 2.75) is 50.1 Å². The molecule has 2 fully saturated rings. The molecule has 1 aromatic heterocycles. The van der Waals surface area contributed by atoms with E-state index in [-0.39, 0.29) is 24.0 Å². The van der Waals surface area contributed by atoms with Crippen molar-refractivity contribution < 1.29 is 14.6 Å². The van der Waals surface area contributed by atoms with Crippen molar-refractivity contribution in [1.82, 2.24) is 14.4 Å². The quantitative estimate of drug-likeness (QED) is 0.560. The molecule has 36 heavy (non-hydrogen) atoms. The third-order valence-electron chi connectivity index (χ3n) is 8.86. The van der Waals surface area contributed by atoms with E-state index >= 15 is 0 Å². The number of carbonyl (C=O) groups excluding carboxylic acids is 1. The molecule has 0 radical (unpaired) electrons. The highest BCUT2D eigenvalue weighted by molar-refractivity contribution is 5.89. The standard InChI is InChI=1S/C30H37N3O3/c1-31-25-17-23(36-2)10-11-24(25)28-29(31)26(19-34)33(27(35)16-21-8-9-21)20-30(28)12-14-32(15-13-30)18-22-6-4-3-5-7-22/h3-7,10-11,17,21,26,34H,8-9,12-16,18-20H2,1-2H3/t26-/m1/s1. The van der Waals surface area contributed by atoms with Gasteiger partial charge in [-0.05, 0) is 68.0 Å². The average molecular weight is 488 g/mol. The van der Waals surface area contributed by atoms with E-state index in [2.05, 4.69) is 59.0 Å². The van der Waals surface area contributed by atoms with Crippen molar-refractivity contribution >= 4 is 16.8 Å². The van der Waals surface area contributed by atoms with Crippen molar-refractivity contribution in [3.05, 3.63) is 65.4 Å². The number of amides is 1. The van der Waals surface area contributed by atoms with E-state index in [1.54, 1.807) is 7.11 Å². The Balaban J connectivity index is 1.40. The predicted octanol–water partition coefficient (Wildman–Crippen LogP) is 4.40. The monoisotopic (exact) mass is 487 g/mol. The molecule has 0 bridgehead atoms. The number of hydrogen-bond donors (Lipinski definition) is 1. The minimum atomic E-state index is -0.303. The van der Waals surface area contributed by atoms with Gasteiger partial charge in [0, 0.05) is 49.1 Å². The minimum absolute atomic E-state index is 0.0546. The molecule has 1 atom stereocenters. The van der Waals surface area contributed by atoms with Crippen molar-refractivity contribution in [1.29, 1.82) is 0 Å². The summed E-state index contributed by atoms with van der Waals surface area (Å²) in [6.07, 6.45) is 4.93. The lowest BCUT2D eigenvalue weighted by atomic mass is 9.68. The Bertz CT molecular complexity index is 1260. The Morgan fingerprint density at radius 3 is 2.53 bits per heavy atom. The summed E-state index contributed by atoms with van der Waals surface area (Å²) in [6.45, 7) is 3.59. The average Bonchev–Trinajstić information content (AvgIpc) is 3.68. The lowest BCUT2D eigenvalue weighted by Gasteiger charge is -2.50. The summed E-state index contributed by atoms with van der Waals surface area (Å²) in [5, 5.41) is 11.8. The van der Waals surface area contributed by atoms with Gasteiger partial charge in [-0.1, -0.05) is 30.3 Å². The SMILES string of the molecule is COc1ccc2c3c(n(C)c2c1)[C@@H](CO)N(C(=O)CC1CC1)CC31CCN(Cc2ccccc2)CC1. The number of methoxy groups -OCH3 is 1. The summed E-state index contributed by atoms with van der Waals surface area (Å²) in [7, 11) is 3.78. The number of piperidine rings is 1. The highest BCUT2D eigenvalue weighted by atomic mass is 16.5. The van der Waals surface area contributed by atoms with Crippen LogP contribution < -0.4 is 4.74 Å². The van der Waals surface area contributed by atoms with Gasteiger partial charge in [0.1, 0.15) is 5.75 Å². The van der Waals surface area contributed by atoms with E-state index in [9.17, 15) is 9.90 Å². The zero-order valence-corrected chi connectivity index (χ0v) is 21.4. The van der Waals surface area contributed by atoms with Crippen LogP contribution in [0.15, 0.2) is 48.5 Å². The molecule has 1 spiro atoms. The summed E-state index contributed by atoms with van der Waals surface area (Å²) < 4.78 is 7.76. The van der Waals surface area contributed by atoms with Gasteiger partial charge in [-0.15, -0.1) is 0 Å². The molecule has 190 valence electrons. The molecular weight excluding hydrogens is 450 g/mol. The van der Waals surface area contributed by atoms with E-state index in [1.165, 1.54) is 16.5 Å². The van der Waals surface area contributed by atoms with Crippen LogP contribution >= 0.6 is 0 Å². The van der Waals surface area contributed by atoms with Crippen LogP contribution in [0.1, 0.15) is 55.0 Å². The Labute approximate surface area is 213 Å². The van der Waals surface area contributed by atoms with Gasteiger partial charge >= 0.3 is 0 Å². The summed E-state index contributed by atoms with van der Waals surface area (Å²) in [6, 6.07) is 16.7. The molecule has 6 nitrogen and oxygen atoms in total.